The molecule has 0 spiro atoms. The average Bonchev–Trinajstić information content (AvgIpc) is 3.18. The third-order valence-electron chi connectivity index (χ3n) is 11.0. The van der Waals surface area contributed by atoms with Gasteiger partial charge in [0.1, 0.15) is 24.9 Å². The summed E-state index contributed by atoms with van der Waals surface area (Å²) in [6.45, 7) is 3.84. The molecule has 1 rings (SSSR count). The lowest BCUT2D eigenvalue weighted by atomic mass is 9.99. The van der Waals surface area contributed by atoms with Crippen molar-refractivity contribution in [2.75, 3.05) is 13.2 Å². The number of rotatable bonds is 39. The van der Waals surface area contributed by atoms with Gasteiger partial charge in [-0.15, -0.1) is 0 Å². The Bertz CT molecular complexity index is 947. The molecule has 1 aliphatic rings. The van der Waals surface area contributed by atoms with E-state index in [1.807, 2.05) is 0 Å². The molecule has 6 unspecified atom stereocenters. The number of aliphatic carboxylic acids is 1. The van der Waals surface area contributed by atoms with Crippen molar-refractivity contribution in [2.24, 2.45) is 0 Å². The van der Waals surface area contributed by atoms with Crippen molar-refractivity contribution < 1.29 is 53.8 Å². The number of carbonyl (C=O) groups excluding carboxylic acids is 2. The molecule has 1 saturated heterocycles. The number of hydrogen-bond donors (Lipinski definition) is 4. The van der Waals surface area contributed by atoms with Gasteiger partial charge in [0.05, 0.1) is 6.61 Å². The number of aliphatic hydroxyl groups excluding tert-OH is 3. The summed E-state index contributed by atoms with van der Waals surface area (Å²) in [5, 5.41) is 39.8. The molecule has 0 aromatic heterocycles. The van der Waals surface area contributed by atoms with Gasteiger partial charge in [0.2, 0.25) is 0 Å². The molecular formula is C45H84O11. The first-order valence-electron chi connectivity index (χ1n) is 23.1. The lowest BCUT2D eigenvalue weighted by Gasteiger charge is -2.38. The minimum atomic E-state index is -1.86. The largest absolute Gasteiger partial charge is 0.479 e. The number of carbonyl (C=O) groups is 3. The van der Waals surface area contributed by atoms with Crippen LogP contribution in [0.2, 0.25) is 0 Å². The van der Waals surface area contributed by atoms with E-state index in [0.717, 1.165) is 38.5 Å². The van der Waals surface area contributed by atoms with Crippen molar-refractivity contribution in [1.82, 2.24) is 0 Å². The second-order valence-electron chi connectivity index (χ2n) is 16.3. The highest BCUT2D eigenvalue weighted by Gasteiger charge is 2.47. The first-order valence-corrected chi connectivity index (χ1v) is 23.1. The maximum absolute atomic E-state index is 12.8. The Labute approximate surface area is 340 Å². The molecule has 0 aromatic carbocycles. The molecular weight excluding hydrogens is 716 g/mol. The Morgan fingerprint density at radius 1 is 0.482 bits per heavy atom. The molecule has 0 amide bonds. The zero-order chi connectivity index (χ0) is 41.1. The van der Waals surface area contributed by atoms with Gasteiger partial charge in [-0.05, 0) is 12.8 Å². The molecule has 1 aliphatic heterocycles. The Morgan fingerprint density at radius 3 is 1.21 bits per heavy atom. The number of carboxylic acid groups (broad SMARTS) is 1. The van der Waals surface area contributed by atoms with Crippen LogP contribution >= 0.6 is 0 Å². The van der Waals surface area contributed by atoms with Crippen LogP contribution in [0, 0.1) is 0 Å². The Hall–Kier alpha value is -1.79. The summed E-state index contributed by atoms with van der Waals surface area (Å²) in [6.07, 6.45) is 27.2. The van der Waals surface area contributed by atoms with E-state index in [2.05, 4.69) is 13.8 Å². The first-order chi connectivity index (χ1) is 27.2. The zero-order valence-electron chi connectivity index (χ0n) is 35.7. The maximum atomic E-state index is 12.8. The van der Waals surface area contributed by atoms with E-state index in [0.29, 0.717) is 12.8 Å². The molecule has 0 bridgehead atoms. The van der Waals surface area contributed by atoms with E-state index in [1.54, 1.807) is 0 Å². The van der Waals surface area contributed by atoms with Gasteiger partial charge in [-0.3, -0.25) is 9.59 Å². The number of unbranched alkanes of at least 4 members (excludes halogenated alkanes) is 28. The van der Waals surface area contributed by atoms with Crippen molar-refractivity contribution in [3.8, 4) is 0 Å². The molecule has 56 heavy (non-hydrogen) atoms. The molecule has 0 saturated carbocycles. The lowest BCUT2D eigenvalue weighted by molar-refractivity contribution is -0.298. The predicted octanol–water partition coefficient (Wildman–Crippen LogP) is 9.87. The lowest BCUT2D eigenvalue weighted by Crippen LogP contribution is -2.60. The first kappa shape index (κ1) is 52.2. The van der Waals surface area contributed by atoms with Gasteiger partial charge in [0.15, 0.2) is 18.5 Å². The van der Waals surface area contributed by atoms with E-state index in [9.17, 15) is 34.8 Å². The minimum Gasteiger partial charge on any atom is -0.479 e. The van der Waals surface area contributed by atoms with Gasteiger partial charge >= 0.3 is 17.9 Å². The van der Waals surface area contributed by atoms with Crippen molar-refractivity contribution in [2.45, 2.75) is 256 Å². The van der Waals surface area contributed by atoms with Crippen molar-refractivity contribution >= 4 is 17.9 Å². The van der Waals surface area contributed by atoms with Crippen LogP contribution in [-0.2, 0) is 33.3 Å². The molecule has 330 valence electrons. The van der Waals surface area contributed by atoms with E-state index < -0.39 is 54.7 Å². The van der Waals surface area contributed by atoms with Gasteiger partial charge in [0, 0.05) is 12.8 Å². The highest BCUT2D eigenvalue weighted by atomic mass is 16.7. The molecule has 0 aromatic rings. The van der Waals surface area contributed by atoms with Gasteiger partial charge in [-0.2, -0.15) is 0 Å². The molecule has 4 N–H and O–H groups in total. The van der Waals surface area contributed by atoms with Crippen LogP contribution in [0.25, 0.3) is 0 Å². The Kier molecular flexibility index (Phi) is 33.9. The van der Waals surface area contributed by atoms with Crippen LogP contribution in [0.3, 0.4) is 0 Å². The molecule has 0 radical (unpaired) electrons. The van der Waals surface area contributed by atoms with E-state index >= 15 is 0 Å². The molecule has 11 heteroatoms. The van der Waals surface area contributed by atoms with Gasteiger partial charge in [-0.25, -0.2) is 4.79 Å². The fourth-order valence-electron chi connectivity index (χ4n) is 7.29. The number of ether oxygens (including phenoxy) is 4. The monoisotopic (exact) mass is 801 g/mol. The van der Waals surface area contributed by atoms with Crippen LogP contribution < -0.4 is 0 Å². The third kappa shape index (κ3) is 27.8. The highest BCUT2D eigenvalue weighted by Crippen LogP contribution is 2.23. The van der Waals surface area contributed by atoms with Crippen molar-refractivity contribution in [3.63, 3.8) is 0 Å². The average molecular weight is 801 g/mol. The van der Waals surface area contributed by atoms with E-state index in [4.69, 9.17) is 18.9 Å². The summed E-state index contributed by atoms with van der Waals surface area (Å²) in [4.78, 5) is 36.8. The van der Waals surface area contributed by atoms with Crippen LogP contribution in [0.4, 0.5) is 0 Å². The van der Waals surface area contributed by atoms with Crippen LogP contribution in [-0.4, -0.2) is 88.4 Å². The normalized spacial score (nSPS) is 20.2. The number of aliphatic hydroxyl groups is 3. The minimum absolute atomic E-state index is 0.191. The zero-order valence-corrected chi connectivity index (χ0v) is 35.7. The fourth-order valence-corrected chi connectivity index (χ4v) is 7.29. The summed E-state index contributed by atoms with van der Waals surface area (Å²) in [5.74, 6) is -2.42. The van der Waals surface area contributed by atoms with Gasteiger partial charge in [-0.1, -0.05) is 194 Å². The van der Waals surface area contributed by atoms with Crippen molar-refractivity contribution in [1.29, 1.82) is 0 Å². The van der Waals surface area contributed by atoms with Crippen molar-refractivity contribution in [3.05, 3.63) is 0 Å². The highest BCUT2D eigenvalue weighted by molar-refractivity contribution is 5.73. The summed E-state index contributed by atoms with van der Waals surface area (Å²) < 4.78 is 21.8. The molecule has 0 aliphatic carbocycles. The SMILES string of the molecule is CCCCCCCCCCCCCCCCCC(=O)OCC(COC1OC(C(=O)O)C(O)C(O)C1O)OC(=O)CCCCCCCCCCCCCCCCC. The standard InChI is InChI=1S/C45H84O11/c1-3-5-7-9-11-13-15-17-19-21-23-25-27-29-31-33-38(46)53-35-37(36-54-45-42(50)40(48)41(49)43(56-45)44(51)52)55-39(47)34-32-30-28-26-24-22-20-18-16-14-12-10-8-6-4-2/h37,40-43,45,48-50H,3-36H2,1-2H3,(H,51,52). The second kappa shape index (κ2) is 36.3. The summed E-state index contributed by atoms with van der Waals surface area (Å²) in [7, 11) is 0. The Morgan fingerprint density at radius 2 is 0.839 bits per heavy atom. The van der Waals surface area contributed by atoms with E-state index in [1.165, 1.54) is 141 Å². The van der Waals surface area contributed by atoms with Crippen LogP contribution in [0.15, 0.2) is 0 Å². The number of hydrogen-bond acceptors (Lipinski definition) is 10. The van der Waals surface area contributed by atoms with Crippen LogP contribution in [0.1, 0.15) is 219 Å². The smallest absolute Gasteiger partial charge is 0.335 e. The maximum Gasteiger partial charge on any atom is 0.335 e. The molecule has 11 nitrogen and oxygen atoms in total. The summed E-state index contributed by atoms with van der Waals surface area (Å²) in [6, 6.07) is 0. The Balaban J connectivity index is 2.34. The quantitative estimate of drug-likeness (QED) is 0.0345. The number of esters is 2. The van der Waals surface area contributed by atoms with Gasteiger partial charge < -0.3 is 39.4 Å². The number of carboxylic acids is 1. The van der Waals surface area contributed by atoms with Crippen LogP contribution in [0.5, 0.6) is 0 Å². The second-order valence-corrected chi connectivity index (χ2v) is 16.3. The molecule has 1 fully saturated rings. The topological polar surface area (TPSA) is 169 Å². The van der Waals surface area contributed by atoms with Gasteiger partial charge in [0.25, 0.3) is 0 Å². The third-order valence-corrected chi connectivity index (χ3v) is 11.0. The summed E-state index contributed by atoms with van der Waals surface area (Å²) in [5.41, 5.74) is 0. The molecule has 6 atom stereocenters. The van der Waals surface area contributed by atoms with E-state index in [-0.39, 0.29) is 26.1 Å². The fraction of sp³-hybridized carbons (Fsp3) is 0.933. The predicted molar refractivity (Wildman–Crippen MR) is 220 cm³/mol. The molecule has 1 heterocycles. The summed E-state index contributed by atoms with van der Waals surface area (Å²) >= 11 is 0.